The van der Waals surface area contributed by atoms with E-state index in [9.17, 15) is 8.42 Å². The van der Waals surface area contributed by atoms with E-state index in [-0.39, 0.29) is 11.2 Å². The van der Waals surface area contributed by atoms with Crippen LogP contribution in [0.15, 0.2) is 0 Å². The highest BCUT2D eigenvalue weighted by molar-refractivity contribution is 7.90. The van der Waals surface area contributed by atoms with Crippen molar-refractivity contribution in [2.24, 2.45) is 5.41 Å². The Morgan fingerprint density at radius 2 is 1.81 bits per heavy atom. The van der Waals surface area contributed by atoms with E-state index in [1.165, 1.54) is 6.26 Å². The molecule has 0 aliphatic heterocycles. The molecule has 0 aromatic heterocycles. The lowest BCUT2D eigenvalue weighted by atomic mass is 9.93. The molecule has 0 aliphatic rings. The molecule has 0 amide bonds. The first kappa shape index (κ1) is 15.9. The molecule has 0 aromatic carbocycles. The molecule has 0 atom stereocenters. The maximum atomic E-state index is 10.9. The first-order chi connectivity index (χ1) is 7.12. The van der Waals surface area contributed by atoms with Gasteiger partial charge in [0.15, 0.2) is 0 Å². The Kier molecular flexibility index (Phi) is 6.51. The molecule has 0 aliphatic carbocycles. The van der Waals surface area contributed by atoms with Crippen molar-refractivity contribution in [2.75, 3.05) is 45.7 Å². The normalized spacial score (nSPS) is 13.4. The fourth-order valence-electron chi connectivity index (χ4n) is 1.80. The van der Waals surface area contributed by atoms with E-state index in [2.05, 4.69) is 38.2 Å². The lowest BCUT2D eigenvalue weighted by Crippen LogP contribution is -2.38. The maximum absolute atomic E-state index is 10.9. The number of nitrogens with one attached hydrogen (secondary N) is 1. The van der Waals surface area contributed by atoms with Gasteiger partial charge in [-0.25, -0.2) is 8.42 Å². The fourth-order valence-corrected chi connectivity index (χ4v) is 2.47. The quantitative estimate of drug-likeness (QED) is 0.641. The van der Waals surface area contributed by atoms with E-state index in [0.717, 1.165) is 19.6 Å². The third-order valence-corrected chi connectivity index (χ3v) is 3.25. The third kappa shape index (κ3) is 10.4. The van der Waals surface area contributed by atoms with E-state index in [4.69, 9.17) is 0 Å². The van der Waals surface area contributed by atoms with Crippen LogP contribution in [-0.2, 0) is 9.84 Å². The van der Waals surface area contributed by atoms with E-state index in [1.807, 2.05) is 0 Å². The molecule has 0 saturated carbocycles. The van der Waals surface area contributed by atoms with Crippen LogP contribution in [0.5, 0.6) is 0 Å². The van der Waals surface area contributed by atoms with Gasteiger partial charge in [-0.3, -0.25) is 0 Å². The van der Waals surface area contributed by atoms with Gasteiger partial charge in [-0.2, -0.15) is 0 Å². The van der Waals surface area contributed by atoms with Crippen LogP contribution >= 0.6 is 0 Å². The monoisotopic (exact) mass is 250 g/mol. The van der Waals surface area contributed by atoms with Crippen molar-refractivity contribution in [3.05, 3.63) is 0 Å². The Hall–Kier alpha value is -0.130. The number of sulfone groups is 1. The van der Waals surface area contributed by atoms with Crippen LogP contribution in [-0.4, -0.2) is 59.1 Å². The SMILES string of the molecule is CN(C)CC(C)(C)CNCCCS(C)(=O)=O. The molecule has 0 radical (unpaired) electrons. The summed E-state index contributed by atoms with van der Waals surface area (Å²) in [6.45, 7) is 7.11. The lowest BCUT2D eigenvalue weighted by molar-refractivity contribution is 0.233. The number of hydrogen-bond acceptors (Lipinski definition) is 4. The van der Waals surface area contributed by atoms with E-state index >= 15 is 0 Å². The summed E-state index contributed by atoms with van der Waals surface area (Å²) < 4.78 is 21.8. The zero-order valence-corrected chi connectivity index (χ0v) is 12.0. The van der Waals surface area contributed by atoms with Crippen molar-refractivity contribution in [3.8, 4) is 0 Å². The van der Waals surface area contributed by atoms with Crippen LogP contribution in [0.4, 0.5) is 0 Å². The fraction of sp³-hybridized carbons (Fsp3) is 1.00. The summed E-state index contributed by atoms with van der Waals surface area (Å²) in [5, 5.41) is 3.31. The average molecular weight is 250 g/mol. The topological polar surface area (TPSA) is 49.4 Å². The second kappa shape index (κ2) is 6.57. The zero-order valence-electron chi connectivity index (χ0n) is 11.2. The zero-order chi connectivity index (χ0) is 12.8. The largest absolute Gasteiger partial charge is 0.316 e. The number of nitrogens with zero attached hydrogens (tertiary/aromatic N) is 1. The van der Waals surface area contributed by atoms with Gasteiger partial charge in [0, 0.05) is 19.3 Å². The van der Waals surface area contributed by atoms with Crippen LogP contribution in [0.2, 0.25) is 0 Å². The van der Waals surface area contributed by atoms with Crippen LogP contribution in [0.25, 0.3) is 0 Å². The van der Waals surface area contributed by atoms with Gasteiger partial charge in [0.25, 0.3) is 0 Å². The molecule has 0 saturated heterocycles. The smallest absolute Gasteiger partial charge is 0.147 e. The predicted octanol–water partition coefficient (Wildman–Crippen LogP) is 0.599. The highest BCUT2D eigenvalue weighted by atomic mass is 32.2. The molecule has 0 rings (SSSR count). The number of hydrogen-bond donors (Lipinski definition) is 1. The van der Waals surface area contributed by atoms with Crippen molar-refractivity contribution in [2.45, 2.75) is 20.3 Å². The first-order valence-electron chi connectivity index (χ1n) is 5.66. The summed E-state index contributed by atoms with van der Waals surface area (Å²) in [5.74, 6) is 0.272. The summed E-state index contributed by atoms with van der Waals surface area (Å²) in [4.78, 5) is 2.16. The molecular weight excluding hydrogens is 224 g/mol. The molecule has 0 heterocycles. The van der Waals surface area contributed by atoms with Gasteiger partial charge in [-0.15, -0.1) is 0 Å². The minimum atomic E-state index is -2.81. The molecule has 16 heavy (non-hydrogen) atoms. The van der Waals surface area contributed by atoms with Gasteiger partial charge in [-0.05, 0) is 32.5 Å². The van der Waals surface area contributed by atoms with Gasteiger partial charge in [0.05, 0.1) is 5.75 Å². The van der Waals surface area contributed by atoms with Gasteiger partial charge in [0.2, 0.25) is 0 Å². The van der Waals surface area contributed by atoms with E-state index < -0.39 is 9.84 Å². The van der Waals surface area contributed by atoms with Crippen molar-refractivity contribution >= 4 is 9.84 Å². The molecule has 0 aromatic rings. The van der Waals surface area contributed by atoms with E-state index in [0.29, 0.717) is 6.42 Å². The van der Waals surface area contributed by atoms with Crippen LogP contribution in [0, 0.1) is 5.41 Å². The van der Waals surface area contributed by atoms with Crippen molar-refractivity contribution in [3.63, 3.8) is 0 Å². The van der Waals surface area contributed by atoms with Gasteiger partial charge in [-0.1, -0.05) is 13.8 Å². The van der Waals surface area contributed by atoms with Gasteiger partial charge in [0.1, 0.15) is 9.84 Å². The summed E-state index contributed by atoms with van der Waals surface area (Å²) in [6, 6.07) is 0. The van der Waals surface area contributed by atoms with Crippen molar-refractivity contribution in [1.82, 2.24) is 10.2 Å². The minimum absolute atomic E-state index is 0.217. The van der Waals surface area contributed by atoms with Gasteiger partial charge >= 0.3 is 0 Å². The maximum Gasteiger partial charge on any atom is 0.147 e. The Labute approximate surface area is 100 Å². The Morgan fingerprint density at radius 1 is 1.25 bits per heavy atom. The molecule has 98 valence electrons. The van der Waals surface area contributed by atoms with Gasteiger partial charge < -0.3 is 10.2 Å². The molecule has 4 nitrogen and oxygen atoms in total. The predicted molar refractivity (Wildman–Crippen MR) is 69.5 cm³/mol. The second-order valence-corrected chi connectivity index (χ2v) is 7.82. The summed E-state index contributed by atoms with van der Waals surface area (Å²) in [7, 11) is 1.31. The van der Waals surface area contributed by atoms with Crippen LogP contribution < -0.4 is 5.32 Å². The molecule has 0 bridgehead atoms. The Bertz CT molecular complexity index is 284. The number of rotatable bonds is 8. The first-order valence-corrected chi connectivity index (χ1v) is 7.72. The minimum Gasteiger partial charge on any atom is -0.316 e. The molecule has 1 N–H and O–H groups in total. The highest BCUT2D eigenvalue weighted by Crippen LogP contribution is 2.13. The highest BCUT2D eigenvalue weighted by Gasteiger charge is 2.17. The standard InChI is InChI=1S/C11H26N2O2S/c1-11(2,10-13(3)4)9-12-7-6-8-16(5,14)15/h12H,6-10H2,1-5H3. The van der Waals surface area contributed by atoms with Crippen molar-refractivity contribution in [1.29, 1.82) is 0 Å². The molecule has 0 fully saturated rings. The molecular formula is C11H26N2O2S. The molecule has 0 unspecified atom stereocenters. The molecule has 5 heteroatoms. The Balaban J connectivity index is 3.66. The second-order valence-electron chi connectivity index (χ2n) is 5.56. The molecule has 0 spiro atoms. The summed E-state index contributed by atoms with van der Waals surface area (Å²) in [5.41, 5.74) is 0.217. The summed E-state index contributed by atoms with van der Waals surface area (Å²) >= 11 is 0. The van der Waals surface area contributed by atoms with Crippen LogP contribution in [0.3, 0.4) is 0 Å². The average Bonchev–Trinajstić information content (AvgIpc) is 1.98. The third-order valence-electron chi connectivity index (χ3n) is 2.22. The lowest BCUT2D eigenvalue weighted by Gasteiger charge is -2.28. The Morgan fingerprint density at radius 3 is 2.25 bits per heavy atom. The van der Waals surface area contributed by atoms with E-state index in [1.54, 1.807) is 0 Å². The van der Waals surface area contributed by atoms with Crippen LogP contribution in [0.1, 0.15) is 20.3 Å². The summed E-state index contributed by atoms with van der Waals surface area (Å²) in [6.07, 6.45) is 1.97. The van der Waals surface area contributed by atoms with Crippen molar-refractivity contribution < 1.29 is 8.42 Å².